The van der Waals surface area contributed by atoms with E-state index in [1.165, 1.54) is 30.3 Å². The van der Waals surface area contributed by atoms with Crippen LogP contribution >= 0.6 is 15.9 Å². The molecule has 0 spiro atoms. The van der Waals surface area contributed by atoms with Crippen molar-refractivity contribution in [3.63, 3.8) is 0 Å². The Kier molecular flexibility index (Phi) is 4.94. The number of carbonyl (C=O) groups is 1. The molecule has 0 aromatic heterocycles. The number of hydrogen-bond donors (Lipinski definition) is 2. The van der Waals surface area contributed by atoms with E-state index in [4.69, 9.17) is 5.14 Å². The second kappa shape index (κ2) is 6.55. The molecule has 1 amide bonds. The summed E-state index contributed by atoms with van der Waals surface area (Å²) in [6.45, 7) is 0. The summed E-state index contributed by atoms with van der Waals surface area (Å²) in [4.78, 5) is 11.8. The lowest BCUT2D eigenvalue weighted by molar-refractivity contribution is -0.115. The number of hydrogen-bond acceptors (Lipinski definition) is 3. The molecule has 2 aromatic carbocycles. The van der Waals surface area contributed by atoms with E-state index in [1.54, 1.807) is 12.1 Å². The van der Waals surface area contributed by atoms with Crippen molar-refractivity contribution in [3.8, 4) is 0 Å². The molecular formula is C14H12BrFN2O3S. The zero-order chi connectivity index (χ0) is 16.3. The van der Waals surface area contributed by atoms with Gasteiger partial charge < -0.3 is 5.32 Å². The van der Waals surface area contributed by atoms with Gasteiger partial charge in [0.05, 0.1) is 15.8 Å². The van der Waals surface area contributed by atoms with Gasteiger partial charge in [-0.3, -0.25) is 4.79 Å². The van der Waals surface area contributed by atoms with Crippen LogP contribution in [-0.2, 0) is 21.2 Å². The number of rotatable bonds is 4. The molecule has 0 unspecified atom stereocenters. The average molecular weight is 387 g/mol. The number of sulfonamides is 1. The first kappa shape index (κ1) is 16.6. The Morgan fingerprint density at radius 2 is 1.82 bits per heavy atom. The van der Waals surface area contributed by atoms with E-state index < -0.39 is 21.7 Å². The van der Waals surface area contributed by atoms with Crippen LogP contribution in [0.15, 0.2) is 51.8 Å². The van der Waals surface area contributed by atoms with E-state index in [2.05, 4.69) is 21.2 Å². The Bertz CT molecular complexity index is 807. The fourth-order valence-corrected chi connectivity index (χ4v) is 2.71. The first-order chi connectivity index (χ1) is 10.3. The lowest BCUT2D eigenvalue weighted by Crippen LogP contribution is -2.16. The fourth-order valence-electron chi connectivity index (χ4n) is 1.79. The van der Waals surface area contributed by atoms with Crippen LogP contribution in [0.4, 0.5) is 10.1 Å². The van der Waals surface area contributed by atoms with Crippen LogP contribution in [0, 0.1) is 5.82 Å². The van der Waals surface area contributed by atoms with Gasteiger partial charge in [-0.2, -0.15) is 0 Å². The second-order valence-electron chi connectivity index (χ2n) is 4.51. The van der Waals surface area contributed by atoms with E-state index in [0.29, 0.717) is 5.69 Å². The molecule has 0 heterocycles. The molecule has 22 heavy (non-hydrogen) atoms. The molecule has 2 aromatic rings. The quantitative estimate of drug-likeness (QED) is 0.845. The van der Waals surface area contributed by atoms with Gasteiger partial charge in [-0.1, -0.05) is 12.1 Å². The molecule has 0 aliphatic heterocycles. The summed E-state index contributed by atoms with van der Waals surface area (Å²) < 4.78 is 36.3. The minimum atomic E-state index is -3.77. The van der Waals surface area contributed by atoms with Gasteiger partial charge in [0.15, 0.2) is 0 Å². The molecule has 0 saturated carbocycles. The summed E-state index contributed by atoms with van der Waals surface area (Å²) in [5.74, 6) is -0.900. The molecule has 0 saturated heterocycles. The molecule has 0 radical (unpaired) electrons. The maximum atomic E-state index is 13.8. The molecule has 0 bridgehead atoms. The van der Waals surface area contributed by atoms with Gasteiger partial charge in [0, 0.05) is 5.69 Å². The van der Waals surface area contributed by atoms with Gasteiger partial charge in [-0.05, 0) is 51.8 Å². The summed E-state index contributed by atoms with van der Waals surface area (Å²) in [7, 11) is -3.77. The third kappa shape index (κ3) is 4.12. The van der Waals surface area contributed by atoms with Crippen molar-refractivity contribution >= 4 is 37.5 Å². The lowest BCUT2D eigenvalue weighted by Gasteiger charge is -2.07. The number of carbonyl (C=O) groups excluding carboxylic acids is 1. The summed E-state index contributed by atoms with van der Waals surface area (Å²) >= 11 is 3.05. The Morgan fingerprint density at radius 1 is 1.18 bits per heavy atom. The van der Waals surface area contributed by atoms with E-state index in [1.807, 2.05) is 0 Å². The highest BCUT2D eigenvalue weighted by molar-refractivity contribution is 9.10. The topological polar surface area (TPSA) is 89.3 Å². The minimum Gasteiger partial charge on any atom is -0.326 e. The highest BCUT2D eigenvalue weighted by Crippen LogP contribution is 2.19. The zero-order valence-electron chi connectivity index (χ0n) is 11.2. The van der Waals surface area contributed by atoms with Gasteiger partial charge in [-0.25, -0.2) is 17.9 Å². The van der Waals surface area contributed by atoms with Crippen LogP contribution in [0.25, 0.3) is 0 Å². The first-order valence-corrected chi connectivity index (χ1v) is 8.47. The fraction of sp³-hybridized carbons (Fsp3) is 0.0714. The highest BCUT2D eigenvalue weighted by Gasteiger charge is 2.11. The standard InChI is InChI=1S/C14H12BrFN2O3S/c15-12-3-1-2-9(14(12)16)8-13(19)18-10-4-6-11(7-5-10)22(17,20)21/h1-7H,8H2,(H,18,19)(H2,17,20,21). The smallest absolute Gasteiger partial charge is 0.238 e. The number of primary sulfonamides is 1. The number of amides is 1. The molecule has 0 atom stereocenters. The van der Waals surface area contributed by atoms with Crippen LogP contribution in [0.2, 0.25) is 0 Å². The van der Waals surface area contributed by atoms with Crippen molar-refractivity contribution in [1.82, 2.24) is 0 Å². The molecule has 0 fully saturated rings. The van der Waals surface area contributed by atoms with Crippen LogP contribution < -0.4 is 10.5 Å². The number of halogens is 2. The van der Waals surface area contributed by atoms with E-state index in [-0.39, 0.29) is 21.4 Å². The summed E-state index contributed by atoms with van der Waals surface area (Å²) in [5.41, 5.74) is 0.654. The number of anilines is 1. The van der Waals surface area contributed by atoms with Crippen molar-refractivity contribution in [2.75, 3.05) is 5.32 Å². The highest BCUT2D eigenvalue weighted by atomic mass is 79.9. The average Bonchev–Trinajstić information content (AvgIpc) is 2.43. The Balaban J connectivity index is 2.08. The van der Waals surface area contributed by atoms with Crippen LogP contribution in [-0.4, -0.2) is 14.3 Å². The summed E-state index contributed by atoms with van der Waals surface area (Å²) in [5, 5.41) is 7.54. The van der Waals surface area contributed by atoms with E-state index in [9.17, 15) is 17.6 Å². The number of benzene rings is 2. The first-order valence-electron chi connectivity index (χ1n) is 6.13. The van der Waals surface area contributed by atoms with E-state index >= 15 is 0 Å². The third-order valence-electron chi connectivity index (χ3n) is 2.85. The van der Waals surface area contributed by atoms with Crippen LogP contribution in [0.3, 0.4) is 0 Å². The van der Waals surface area contributed by atoms with Gasteiger partial charge in [0.25, 0.3) is 0 Å². The summed E-state index contributed by atoms with van der Waals surface area (Å²) in [6, 6.07) is 10.1. The van der Waals surface area contributed by atoms with Crippen molar-refractivity contribution in [2.45, 2.75) is 11.3 Å². The third-order valence-corrected chi connectivity index (χ3v) is 4.39. The molecule has 2 rings (SSSR count). The van der Waals surface area contributed by atoms with E-state index in [0.717, 1.165) is 0 Å². The van der Waals surface area contributed by atoms with Crippen molar-refractivity contribution < 1.29 is 17.6 Å². The predicted molar refractivity (Wildman–Crippen MR) is 84.2 cm³/mol. The normalized spacial score (nSPS) is 11.2. The Labute approximate surface area is 135 Å². The van der Waals surface area contributed by atoms with Crippen LogP contribution in [0.5, 0.6) is 0 Å². The SMILES string of the molecule is NS(=O)(=O)c1ccc(NC(=O)Cc2cccc(Br)c2F)cc1. The van der Waals surface area contributed by atoms with Crippen LogP contribution in [0.1, 0.15) is 5.56 Å². The maximum Gasteiger partial charge on any atom is 0.238 e. The lowest BCUT2D eigenvalue weighted by atomic mass is 10.1. The zero-order valence-corrected chi connectivity index (χ0v) is 13.6. The molecule has 116 valence electrons. The van der Waals surface area contributed by atoms with Gasteiger partial charge in [0.2, 0.25) is 15.9 Å². The monoisotopic (exact) mass is 386 g/mol. The van der Waals surface area contributed by atoms with Crippen molar-refractivity contribution in [3.05, 3.63) is 58.3 Å². The Morgan fingerprint density at radius 3 is 2.41 bits per heavy atom. The molecule has 0 aliphatic carbocycles. The predicted octanol–water partition coefficient (Wildman–Crippen LogP) is 2.42. The largest absolute Gasteiger partial charge is 0.326 e. The minimum absolute atomic E-state index is 0.0523. The van der Waals surface area contributed by atoms with Crippen molar-refractivity contribution in [1.29, 1.82) is 0 Å². The van der Waals surface area contributed by atoms with Gasteiger partial charge >= 0.3 is 0 Å². The maximum absolute atomic E-state index is 13.8. The number of nitrogens with one attached hydrogen (secondary N) is 1. The van der Waals surface area contributed by atoms with Gasteiger partial charge in [0.1, 0.15) is 5.82 Å². The summed E-state index contributed by atoms with van der Waals surface area (Å²) in [6.07, 6.45) is -0.137. The second-order valence-corrected chi connectivity index (χ2v) is 6.92. The number of nitrogens with two attached hydrogens (primary N) is 1. The Hall–Kier alpha value is -1.77. The molecular weight excluding hydrogens is 375 g/mol. The molecule has 5 nitrogen and oxygen atoms in total. The van der Waals surface area contributed by atoms with Gasteiger partial charge in [-0.15, -0.1) is 0 Å². The van der Waals surface area contributed by atoms with Crippen molar-refractivity contribution in [2.24, 2.45) is 5.14 Å². The molecule has 8 heteroatoms. The molecule has 3 N–H and O–H groups in total. The molecule has 0 aliphatic rings.